The molecule has 5 rings (SSSR count). The summed E-state index contributed by atoms with van der Waals surface area (Å²) in [6, 6.07) is 21.1. The van der Waals surface area contributed by atoms with Crippen molar-refractivity contribution in [3.8, 4) is 11.5 Å². The van der Waals surface area contributed by atoms with Crippen LogP contribution < -0.4 is 20.5 Å². The number of aryl methyl sites for hydroxylation is 1. The number of methoxy groups -OCH3 is 2. The summed E-state index contributed by atoms with van der Waals surface area (Å²) in [6.07, 6.45) is 2.13. The van der Waals surface area contributed by atoms with Crippen LogP contribution in [-0.4, -0.2) is 20.1 Å². The van der Waals surface area contributed by atoms with Crippen LogP contribution in [0.4, 0.5) is 5.69 Å². The molecule has 1 aliphatic carbocycles. The fraction of sp³-hybridized carbons (Fsp3) is 0.269. The number of nitrogens with one attached hydrogen (secondary N) is 2. The second-order valence-electron chi connectivity index (χ2n) is 8.36. The Balaban J connectivity index is 1.69. The fourth-order valence-electron chi connectivity index (χ4n) is 5.28. The van der Waals surface area contributed by atoms with Gasteiger partial charge in [0.15, 0.2) is 0 Å². The molecule has 1 heterocycles. The van der Waals surface area contributed by atoms with Gasteiger partial charge in [-0.05, 0) is 71.3 Å². The molecule has 0 saturated carbocycles. The van der Waals surface area contributed by atoms with Gasteiger partial charge in [-0.2, -0.15) is 0 Å². The number of hydrogen-bond donors (Lipinski definition) is 3. The highest BCUT2D eigenvalue weighted by molar-refractivity contribution is 5.95. The lowest BCUT2D eigenvalue weighted by molar-refractivity contribution is 0.344. The second-order valence-corrected chi connectivity index (χ2v) is 8.36. The molecule has 0 spiro atoms. The number of ether oxygens (including phenoxy) is 2. The van der Waals surface area contributed by atoms with Gasteiger partial charge in [0, 0.05) is 23.2 Å². The molecule has 5 heteroatoms. The van der Waals surface area contributed by atoms with Crippen LogP contribution in [0, 0.1) is 11.3 Å². The molecule has 3 aromatic carbocycles. The molecular weight excluding hydrogens is 386 g/mol. The zero-order valence-electron chi connectivity index (χ0n) is 17.8. The van der Waals surface area contributed by atoms with Crippen LogP contribution in [-0.2, 0) is 6.42 Å². The molecule has 0 amide bonds. The number of fused-ring (bicyclic) bond motifs is 5. The first-order valence-corrected chi connectivity index (χ1v) is 10.6. The smallest absolute Gasteiger partial charge is 0.122 e. The monoisotopic (exact) mass is 413 g/mol. The minimum Gasteiger partial charge on any atom is -0.497 e. The van der Waals surface area contributed by atoms with Gasteiger partial charge in [0.05, 0.1) is 20.3 Å². The Labute approximate surface area is 182 Å². The van der Waals surface area contributed by atoms with Gasteiger partial charge in [-0.25, -0.2) is 0 Å². The van der Waals surface area contributed by atoms with Crippen LogP contribution in [0.25, 0.3) is 0 Å². The normalized spacial score (nSPS) is 21.2. The molecule has 5 nitrogen and oxygen atoms in total. The van der Waals surface area contributed by atoms with Crippen LogP contribution in [0.15, 0.2) is 60.7 Å². The van der Waals surface area contributed by atoms with Gasteiger partial charge in [0.1, 0.15) is 17.3 Å². The molecule has 158 valence electrons. The molecule has 0 saturated heterocycles. The number of amidine groups is 1. The average molecular weight is 414 g/mol. The highest BCUT2D eigenvalue weighted by atomic mass is 16.5. The number of nitrogens with two attached hydrogens (primary N) is 1. The van der Waals surface area contributed by atoms with E-state index in [9.17, 15) is 0 Å². The summed E-state index contributed by atoms with van der Waals surface area (Å²) >= 11 is 0. The Morgan fingerprint density at radius 2 is 1.71 bits per heavy atom. The first-order chi connectivity index (χ1) is 15.1. The van der Waals surface area contributed by atoms with Crippen molar-refractivity contribution in [2.75, 3.05) is 19.5 Å². The standard InChI is InChI=1S/C26H27N3O2/c1-30-18-11-17(12-19(14-18)31-2)25-21-9-7-15-5-3-4-6-20(15)24(21)22-13-16(26(27)28)8-10-23(22)29-25/h3-6,8,10-14,21,24-25,29H,7,9H2,1-2H3,(H3,27,28). The fourth-order valence-corrected chi connectivity index (χ4v) is 5.28. The molecule has 3 aromatic rings. The maximum absolute atomic E-state index is 7.92. The molecule has 0 bridgehead atoms. The van der Waals surface area contributed by atoms with Crippen molar-refractivity contribution in [2.24, 2.45) is 11.7 Å². The molecule has 1 aliphatic heterocycles. The average Bonchev–Trinajstić information content (AvgIpc) is 2.82. The molecule has 4 N–H and O–H groups in total. The predicted octanol–water partition coefficient (Wildman–Crippen LogP) is 4.85. The number of rotatable bonds is 4. The summed E-state index contributed by atoms with van der Waals surface area (Å²) in [6.45, 7) is 0. The topological polar surface area (TPSA) is 80.4 Å². The van der Waals surface area contributed by atoms with Crippen molar-refractivity contribution in [3.63, 3.8) is 0 Å². The molecule has 2 aliphatic rings. The maximum Gasteiger partial charge on any atom is 0.122 e. The van der Waals surface area contributed by atoms with E-state index in [2.05, 4.69) is 53.8 Å². The highest BCUT2D eigenvalue weighted by Crippen LogP contribution is 2.53. The summed E-state index contributed by atoms with van der Waals surface area (Å²) in [5.74, 6) is 2.29. The first kappa shape index (κ1) is 19.5. The Hall–Kier alpha value is -3.47. The number of benzene rings is 3. The maximum atomic E-state index is 7.92. The van der Waals surface area contributed by atoms with E-state index < -0.39 is 0 Å². The number of anilines is 1. The summed E-state index contributed by atoms with van der Waals surface area (Å²) in [4.78, 5) is 0. The number of nitrogen functional groups attached to an aromatic ring is 1. The van der Waals surface area contributed by atoms with Gasteiger partial charge < -0.3 is 20.5 Å². The summed E-state index contributed by atoms with van der Waals surface area (Å²) < 4.78 is 11.1. The SMILES string of the molecule is COc1cc(OC)cc(C2Nc3ccc(C(=N)N)cc3C3c4ccccc4CCC23)c1. The lowest BCUT2D eigenvalue weighted by Gasteiger charge is -2.45. The minimum atomic E-state index is 0.100. The van der Waals surface area contributed by atoms with Crippen molar-refractivity contribution < 1.29 is 9.47 Å². The van der Waals surface area contributed by atoms with Crippen LogP contribution in [0.1, 0.15) is 46.2 Å². The molecule has 31 heavy (non-hydrogen) atoms. The minimum absolute atomic E-state index is 0.100. The molecular formula is C26H27N3O2. The zero-order chi connectivity index (χ0) is 21.5. The molecule has 0 fully saturated rings. The molecule has 3 atom stereocenters. The Morgan fingerprint density at radius 1 is 0.968 bits per heavy atom. The predicted molar refractivity (Wildman–Crippen MR) is 123 cm³/mol. The van der Waals surface area contributed by atoms with Gasteiger partial charge in [-0.15, -0.1) is 0 Å². The van der Waals surface area contributed by atoms with Crippen LogP contribution in [0.5, 0.6) is 11.5 Å². The zero-order valence-corrected chi connectivity index (χ0v) is 17.8. The Kier molecular flexibility index (Phi) is 4.81. The van der Waals surface area contributed by atoms with E-state index in [0.29, 0.717) is 5.92 Å². The Morgan fingerprint density at radius 3 is 2.42 bits per heavy atom. The largest absolute Gasteiger partial charge is 0.497 e. The quantitative estimate of drug-likeness (QED) is 0.422. The lowest BCUT2D eigenvalue weighted by Crippen LogP contribution is -2.35. The third-order valence-corrected chi connectivity index (χ3v) is 6.73. The van der Waals surface area contributed by atoms with E-state index in [-0.39, 0.29) is 17.8 Å². The van der Waals surface area contributed by atoms with Gasteiger partial charge >= 0.3 is 0 Å². The summed E-state index contributed by atoms with van der Waals surface area (Å²) in [7, 11) is 3.37. The van der Waals surface area contributed by atoms with Gasteiger partial charge in [0.2, 0.25) is 0 Å². The van der Waals surface area contributed by atoms with Crippen molar-refractivity contribution >= 4 is 11.5 Å². The summed E-state index contributed by atoms with van der Waals surface area (Å²) in [5, 5.41) is 11.7. The van der Waals surface area contributed by atoms with Crippen molar-refractivity contribution in [1.29, 1.82) is 5.41 Å². The van der Waals surface area contributed by atoms with E-state index >= 15 is 0 Å². The van der Waals surface area contributed by atoms with Crippen LogP contribution >= 0.6 is 0 Å². The van der Waals surface area contributed by atoms with E-state index in [4.69, 9.17) is 20.6 Å². The lowest BCUT2D eigenvalue weighted by atomic mass is 9.65. The second kappa shape index (κ2) is 7.65. The van der Waals surface area contributed by atoms with E-state index in [0.717, 1.165) is 41.2 Å². The summed E-state index contributed by atoms with van der Waals surface area (Å²) in [5.41, 5.74) is 12.9. The van der Waals surface area contributed by atoms with Crippen LogP contribution in [0.3, 0.4) is 0 Å². The molecule has 3 unspecified atom stereocenters. The van der Waals surface area contributed by atoms with E-state index in [1.807, 2.05) is 12.1 Å². The van der Waals surface area contributed by atoms with Gasteiger partial charge in [0.25, 0.3) is 0 Å². The van der Waals surface area contributed by atoms with Crippen molar-refractivity contribution in [2.45, 2.75) is 24.8 Å². The van der Waals surface area contributed by atoms with Gasteiger partial charge in [-0.1, -0.05) is 24.3 Å². The van der Waals surface area contributed by atoms with Crippen LogP contribution in [0.2, 0.25) is 0 Å². The van der Waals surface area contributed by atoms with E-state index in [1.165, 1.54) is 16.7 Å². The van der Waals surface area contributed by atoms with E-state index in [1.54, 1.807) is 14.2 Å². The third-order valence-electron chi connectivity index (χ3n) is 6.73. The van der Waals surface area contributed by atoms with Gasteiger partial charge in [-0.3, -0.25) is 5.41 Å². The van der Waals surface area contributed by atoms with Crippen molar-refractivity contribution in [3.05, 3.63) is 88.5 Å². The molecule has 0 aromatic heterocycles. The third kappa shape index (κ3) is 3.30. The van der Waals surface area contributed by atoms with Crippen molar-refractivity contribution in [1.82, 2.24) is 0 Å². The first-order valence-electron chi connectivity index (χ1n) is 10.6. The molecule has 0 radical (unpaired) electrons. The Bertz CT molecular complexity index is 1130. The number of hydrogen-bond acceptors (Lipinski definition) is 4. The highest BCUT2D eigenvalue weighted by Gasteiger charge is 2.41.